The summed E-state index contributed by atoms with van der Waals surface area (Å²) in [6.45, 7) is 5.76. The highest BCUT2D eigenvalue weighted by Crippen LogP contribution is 2.07. The van der Waals surface area contributed by atoms with Gasteiger partial charge in [-0.3, -0.25) is 0 Å². The molecule has 1 aromatic carbocycles. The van der Waals surface area contributed by atoms with Gasteiger partial charge in [-0.15, -0.1) is 0 Å². The van der Waals surface area contributed by atoms with E-state index in [1.165, 1.54) is 6.07 Å². The van der Waals surface area contributed by atoms with E-state index in [0.717, 1.165) is 38.2 Å². The van der Waals surface area contributed by atoms with Gasteiger partial charge in [-0.1, -0.05) is 12.1 Å². The van der Waals surface area contributed by atoms with Crippen LogP contribution in [-0.4, -0.2) is 50.3 Å². The number of rotatable bonds is 5. The third-order valence-corrected chi connectivity index (χ3v) is 3.47. The minimum absolute atomic E-state index is 0.165. The number of hydrogen-bond donors (Lipinski definition) is 1. The van der Waals surface area contributed by atoms with Crippen molar-refractivity contribution in [3.8, 4) is 0 Å². The monoisotopic (exact) mass is 266 g/mol. The molecule has 0 amide bonds. The van der Waals surface area contributed by atoms with Crippen molar-refractivity contribution < 1.29 is 9.13 Å². The Hall–Kier alpha value is -0.970. The van der Waals surface area contributed by atoms with Crippen LogP contribution in [0.3, 0.4) is 0 Å². The summed E-state index contributed by atoms with van der Waals surface area (Å²) in [6.07, 6.45) is 1.09. The van der Waals surface area contributed by atoms with Crippen LogP contribution >= 0.6 is 0 Å². The molecule has 3 nitrogen and oxygen atoms in total. The molecule has 0 saturated carbocycles. The summed E-state index contributed by atoms with van der Waals surface area (Å²) in [6, 6.07) is 7.12. The first-order valence-corrected chi connectivity index (χ1v) is 6.91. The van der Waals surface area contributed by atoms with E-state index < -0.39 is 0 Å². The summed E-state index contributed by atoms with van der Waals surface area (Å²) in [7, 11) is 2.12. The molecule has 1 aliphatic heterocycles. The van der Waals surface area contributed by atoms with Crippen molar-refractivity contribution in [3.05, 3.63) is 35.6 Å². The predicted octanol–water partition coefficient (Wildman–Crippen LogP) is 1.68. The number of nitrogens with one attached hydrogen (secondary N) is 1. The van der Waals surface area contributed by atoms with Gasteiger partial charge in [0.1, 0.15) is 5.82 Å². The molecule has 0 aromatic heterocycles. The van der Waals surface area contributed by atoms with Crippen LogP contribution in [0, 0.1) is 5.82 Å². The van der Waals surface area contributed by atoms with E-state index >= 15 is 0 Å². The normalized spacial score (nSPS) is 22.4. The smallest absolute Gasteiger partial charge is 0.123 e. The molecular formula is C15H23FN2O. The molecule has 2 rings (SSSR count). The molecular weight excluding hydrogens is 243 g/mol. The lowest BCUT2D eigenvalue weighted by Gasteiger charge is -2.31. The van der Waals surface area contributed by atoms with Crippen molar-refractivity contribution in [2.45, 2.75) is 25.5 Å². The number of halogens is 1. The van der Waals surface area contributed by atoms with Gasteiger partial charge in [0.25, 0.3) is 0 Å². The maximum atomic E-state index is 13.1. The fourth-order valence-electron chi connectivity index (χ4n) is 2.41. The molecule has 19 heavy (non-hydrogen) atoms. The first-order valence-electron chi connectivity index (χ1n) is 6.91. The minimum atomic E-state index is -0.165. The van der Waals surface area contributed by atoms with Gasteiger partial charge in [-0.05, 0) is 38.1 Å². The van der Waals surface area contributed by atoms with E-state index in [-0.39, 0.29) is 11.9 Å². The summed E-state index contributed by atoms with van der Waals surface area (Å²) in [5.41, 5.74) is 1.03. The summed E-state index contributed by atoms with van der Waals surface area (Å²) < 4.78 is 18.8. The van der Waals surface area contributed by atoms with Crippen molar-refractivity contribution in [2.75, 3.05) is 33.3 Å². The average Bonchev–Trinajstić information content (AvgIpc) is 2.36. The molecule has 1 aromatic rings. The van der Waals surface area contributed by atoms with Crippen LogP contribution in [-0.2, 0) is 11.2 Å². The average molecular weight is 266 g/mol. The first-order chi connectivity index (χ1) is 9.13. The lowest BCUT2D eigenvalue weighted by atomic mass is 10.1. The van der Waals surface area contributed by atoms with E-state index in [0.29, 0.717) is 6.04 Å². The molecule has 0 aliphatic carbocycles. The Morgan fingerprint density at radius 3 is 3.11 bits per heavy atom. The van der Waals surface area contributed by atoms with Gasteiger partial charge in [0, 0.05) is 25.7 Å². The zero-order chi connectivity index (χ0) is 13.7. The van der Waals surface area contributed by atoms with Crippen LogP contribution in [0.1, 0.15) is 12.5 Å². The highest BCUT2D eigenvalue weighted by molar-refractivity contribution is 5.17. The summed E-state index contributed by atoms with van der Waals surface area (Å²) in [5.74, 6) is -0.165. The Labute approximate surface area is 114 Å². The third kappa shape index (κ3) is 4.90. The van der Waals surface area contributed by atoms with E-state index in [4.69, 9.17) is 4.74 Å². The van der Waals surface area contributed by atoms with Gasteiger partial charge in [0.15, 0.2) is 0 Å². The molecule has 1 heterocycles. The molecule has 0 spiro atoms. The standard InChI is InChI=1S/C15H23FN2O/c1-12(8-13-4-3-5-14(16)9-13)17-10-15-11-18(2)6-7-19-15/h3-5,9,12,15,17H,6-8,10-11H2,1-2H3. The Morgan fingerprint density at radius 1 is 1.53 bits per heavy atom. The number of benzene rings is 1. The third-order valence-electron chi connectivity index (χ3n) is 3.47. The summed E-state index contributed by atoms with van der Waals surface area (Å²) in [4.78, 5) is 2.28. The summed E-state index contributed by atoms with van der Waals surface area (Å²) >= 11 is 0. The second-order valence-corrected chi connectivity index (χ2v) is 5.40. The van der Waals surface area contributed by atoms with Crippen molar-refractivity contribution in [3.63, 3.8) is 0 Å². The SMILES string of the molecule is CC(Cc1cccc(F)c1)NCC1CN(C)CCO1. The van der Waals surface area contributed by atoms with Gasteiger partial charge in [-0.2, -0.15) is 0 Å². The molecule has 1 fully saturated rings. The molecule has 1 aliphatic rings. The van der Waals surface area contributed by atoms with E-state index in [9.17, 15) is 4.39 Å². The van der Waals surface area contributed by atoms with E-state index in [1.54, 1.807) is 12.1 Å². The topological polar surface area (TPSA) is 24.5 Å². The zero-order valence-corrected chi connectivity index (χ0v) is 11.7. The zero-order valence-electron chi connectivity index (χ0n) is 11.7. The molecule has 2 unspecified atom stereocenters. The van der Waals surface area contributed by atoms with Crippen molar-refractivity contribution >= 4 is 0 Å². The lowest BCUT2D eigenvalue weighted by Crippen LogP contribution is -2.46. The molecule has 0 radical (unpaired) electrons. The fraction of sp³-hybridized carbons (Fsp3) is 0.600. The second-order valence-electron chi connectivity index (χ2n) is 5.40. The van der Waals surface area contributed by atoms with Crippen LogP contribution in [0.5, 0.6) is 0 Å². The molecule has 2 atom stereocenters. The molecule has 1 N–H and O–H groups in total. The number of nitrogens with zero attached hydrogens (tertiary/aromatic N) is 1. The van der Waals surface area contributed by atoms with Gasteiger partial charge >= 0.3 is 0 Å². The first kappa shape index (κ1) is 14.4. The summed E-state index contributed by atoms with van der Waals surface area (Å²) in [5, 5.41) is 3.47. The van der Waals surface area contributed by atoms with Crippen LogP contribution in [0.4, 0.5) is 4.39 Å². The van der Waals surface area contributed by atoms with Gasteiger partial charge < -0.3 is 15.0 Å². The second kappa shape index (κ2) is 6.98. The quantitative estimate of drug-likeness (QED) is 0.877. The van der Waals surface area contributed by atoms with E-state index in [1.807, 2.05) is 6.07 Å². The Balaban J connectivity index is 1.73. The molecule has 1 saturated heterocycles. The number of ether oxygens (including phenoxy) is 1. The maximum absolute atomic E-state index is 13.1. The van der Waals surface area contributed by atoms with Crippen molar-refractivity contribution in [1.82, 2.24) is 10.2 Å². The van der Waals surface area contributed by atoms with Gasteiger partial charge in [0.05, 0.1) is 12.7 Å². The molecule has 106 valence electrons. The van der Waals surface area contributed by atoms with Gasteiger partial charge in [0.2, 0.25) is 0 Å². The number of likely N-dealkylation sites (N-methyl/N-ethyl adjacent to an activating group) is 1. The van der Waals surface area contributed by atoms with Crippen molar-refractivity contribution in [1.29, 1.82) is 0 Å². The Bertz CT molecular complexity index is 399. The predicted molar refractivity (Wildman–Crippen MR) is 74.8 cm³/mol. The number of morpholine rings is 1. The molecule has 0 bridgehead atoms. The highest BCUT2D eigenvalue weighted by Gasteiger charge is 2.17. The van der Waals surface area contributed by atoms with Gasteiger partial charge in [-0.25, -0.2) is 4.39 Å². The molecule has 4 heteroatoms. The fourth-order valence-corrected chi connectivity index (χ4v) is 2.41. The van der Waals surface area contributed by atoms with Crippen molar-refractivity contribution in [2.24, 2.45) is 0 Å². The van der Waals surface area contributed by atoms with Crippen LogP contribution < -0.4 is 5.32 Å². The highest BCUT2D eigenvalue weighted by atomic mass is 19.1. The Kier molecular flexibility index (Phi) is 5.31. The lowest BCUT2D eigenvalue weighted by molar-refractivity contribution is -0.0190. The maximum Gasteiger partial charge on any atom is 0.123 e. The van der Waals surface area contributed by atoms with Crippen LogP contribution in [0.25, 0.3) is 0 Å². The minimum Gasteiger partial charge on any atom is -0.374 e. The van der Waals surface area contributed by atoms with Crippen LogP contribution in [0.2, 0.25) is 0 Å². The van der Waals surface area contributed by atoms with E-state index in [2.05, 4.69) is 24.2 Å². The largest absolute Gasteiger partial charge is 0.374 e. The number of hydrogen-bond acceptors (Lipinski definition) is 3. The Morgan fingerprint density at radius 2 is 2.37 bits per heavy atom. The van der Waals surface area contributed by atoms with Crippen LogP contribution in [0.15, 0.2) is 24.3 Å².